The van der Waals surface area contributed by atoms with E-state index in [1.165, 1.54) is 0 Å². The summed E-state index contributed by atoms with van der Waals surface area (Å²) in [7, 11) is 1.73. The van der Waals surface area contributed by atoms with E-state index in [0.717, 1.165) is 47.3 Å². The maximum atomic E-state index is 12.5. The van der Waals surface area contributed by atoms with Gasteiger partial charge in [-0.2, -0.15) is 0 Å². The molecule has 1 atom stereocenters. The number of nitrogens with zero attached hydrogens (tertiary/aromatic N) is 1. The van der Waals surface area contributed by atoms with Gasteiger partial charge in [-0.05, 0) is 43.5 Å². The molecular formula is C25H31IN4O3. The lowest BCUT2D eigenvalue weighted by atomic mass is 10.1. The molecule has 3 N–H and O–H groups in total. The third-order valence-electron chi connectivity index (χ3n) is 5.75. The van der Waals surface area contributed by atoms with Gasteiger partial charge < -0.3 is 25.1 Å². The van der Waals surface area contributed by atoms with Gasteiger partial charge in [0, 0.05) is 43.3 Å². The van der Waals surface area contributed by atoms with Crippen molar-refractivity contribution in [3.05, 3.63) is 71.0 Å². The molecule has 1 aliphatic rings. The number of fused-ring (bicyclic) bond motifs is 1. The van der Waals surface area contributed by atoms with Gasteiger partial charge in [-0.1, -0.05) is 30.3 Å². The third kappa shape index (κ3) is 6.48. The van der Waals surface area contributed by atoms with Gasteiger partial charge in [0.25, 0.3) is 5.91 Å². The Kier molecular flexibility index (Phi) is 9.13. The van der Waals surface area contributed by atoms with Crippen LogP contribution in [-0.2, 0) is 17.8 Å². The molecule has 8 heteroatoms. The molecule has 3 aromatic rings. The Labute approximate surface area is 211 Å². The van der Waals surface area contributed by atoms with Crippen LogP contribution in [0.2, 0.25) is 0 Å². The fourth-order valence-electron chi connectivity index (χ4n) is 3.90. The number of hydrogen-bond donors (Lipinski definition) is 3. The molecule has 0 bridgehead atoms. The number of para-hydroxylation sites is 1. The Morgan fingerprint density at radius 2 is 1.91 bits per heavy atom. The average molecular weight is 562 g/mol. The number of guanidine groups is 1. The molecule has 2 aromatic carbocycles. The number of amides is 1. The van der Waals surface area contributed by atoms with Crippen LogP contribution in [0.1, 0.15) is 40.1 Å². The number of benzene rings is 2. The Bertz CT molecular complexity index is 1110. The highest BCUT2D eigenvalue weighted by Crippen LogP contribution is 2.24. The summed E-state index contributed by atoms with van der Waals surface area (Å²) in [6.45, 7) is 4.48. The van der Waals surface area contributed by atoms with E-state index in [9.17, 15) is 4.79 Å². The molecule has 0 spiro atoms. The van der Waals surface area contributed by atoms with E-state index in [2.05, 4.69) is 33.9 Å². The van der Waals surface area contributed by atoms with Crippen LogP contribution < -0.4 is 16.0 Å². The minimum absolute atomic E-state index is 0. The number of aliphatic imine (C=N–C) groups is 1. The molecule has 2 heterocycles. The summed E-state index contributed by atoms with van der Waals surface area (Å²) in [6, 6.07) is 15.6. The first kappa shape index (κ1) is 25.0. The van der Waals surface area contributed by atoms with Crippen molar-refractivity contribution in [1.82, 2.24) is 16.0 Å². The third-order valence-corrected chi connectivity index (χ3v) is 5.75. The van der Waals surface area contributed by atoms with Crippen LogP contribution in [0, 0.1) is 6.92 Å². The molecule has 1 aliphatic heterocycles. The van der Waals surface area contributed by atoms with Gasteiger partial charge in [0.2, 0.25) is 0 Å². The first-order valence-electron chi connectivity index (χ1n) is 11.0. The number of hydrogen-bond acceptors (Lipinski definition) is 4. The van der Waals surface area contributed by atoms with Gasteiger partial charge in [0.1, 0.15) is 11.3 Å². The number of halogens is 1. The predicted octanol–water partition coefficient (Wildman–Crippen LogP) is 4.13. The van der Waals surface area contributed by atoms with E-state index in [1.54, 1.807) is 7.05 Å². The average Bonchev–Trinajstić information content (AvgIpc) is 3.46. The topological polar surface area (TPSA) is 87.9 Å². The number of rotatable bonds is 7. The lowest BCUT2D eigenvalue weighted by molar-refractivity contribution is 0.0857. The number of aryl methyl sites for hydroxylation is 1. The smallest absolute Gasteiger partial charge is 0.251 e. The van der Waals surface area contributed by atoms with Gasteiger partial charge in [-0.3, -0.25) is 9.79 Å². The maximum absolute atomic E-state index is 12.5. The Morgan fingerprint density at radius 1 is 1.09 bits per heavy atom. The Hall–Kier alpha value is -2.59. The molecule has 7 nitrogen and oxygen atoms in total. The second-order valence-corrected chi connectivity index (χ2v) is 7.97. The first-order valence-corrected chi connectivity index (χ1v) is 11.0. The van der Waals surface area contributed by atoms with Gasteiger partial charge in [0.05, 0.1) is 12.6 Å². The zero-order chi connectivity index (χ0) is 22.3. The van der Waals surface area contributed by atoms with Crippen LogP contribution in [-0.4, -0.2) is 38.2 Å². The van der Waals surface area contributed by atoms with Gasteiger partial charge >= 0.3 is 0 Å². The lowest BCUT2D eigenvalue weighted by Crippen LogP contribution is -2.36. The molecule has 4 rings (SSSR count). The van der Waals surface area contributed by atoms with Gasteiger partial charge in [0.15, 0.2) is 5.96 Å². The van der Waals surface area contributed by atoms with Crippen LogP contribution in [0.15, 0.2) is 57.9 Å². The number of ether oxygens (including phenoxy) is 1. The maximum Gasteiger partial charge on any atom is 0.251 e. The van der Waals surface area contributed by atoms with E-state index >= 15 is 0 Å². The van der Waals surface area contributed by atoms with Crippen molar-refractivity contribution in [2.24, 2.45) is 4.99 Å². The van der Waals surface area contributed by atoms with Crippen molar-refractivity contribution in [2.75, 3.05) is 20.2 Å². The summed E-state index contributed by atoms with van der Waals surface area (Å²) < 4.78 is 11.5. The van der Waals surface area contributed by atoms with Crippen LogP contribution in [0.3, 0.4) is 0 Å². The van der Waals surface area contributed by atoms with E-state index in [-0.39, 0.29) is 36.0 Å². The summed E-state index contributed by atoms with van der Waals surface area (Å²) in [5.74, 6) is 1.47. The van der Waals surface area contributed by atoms with Gasteiger partial charge in [-0.25, -0.2) is 0 Å². The quantitative estimate of drug-likeness (QED) is 0.229. The van der Waals surface area contributed by atoms with Gasteiger partial charge in [-0.15, -0.1) is 24.0 Å². The van der Waals surface area contributed by atoms with E-state index in [4.69, 9.17) is 9.15 Å². The molecule has 1 aromatic heterocycles. The predicted molar refractivity (Wildman–Crippen MR) is 141 cm³/mol. The van der Waals surface area contributed by atoms with E-state index < -0.39 is 0 Å². The molecule has 1 unspecified atom stereocenters. The fraction of sp³-hybridized carbons (Fsp3) is 0.360. The zero-order valence-corrected chi connectivity index (χ0v) is 21.3. The second kappa shape index (κ2) is 12.0. The monoisotopic (exact) mass is 562 g/mol. The van der Waals surface area contributed by atoms with Crippen molar-refractivity contribution in [3.8, 4) is 0 Å². The molecule has 1 amide bonds. The lowest BCUT2D eigenvalue weighted by Gasteiger charge is -2.13. The highest BCUT2D eigenvalue weighted by molar-refractivity contribution is 14.0. The molecule has 176 valence electrons. The number of furan rings is 1. The van der Waals surface area contributed by atoms with Crippen LogP contribution >= 0.6 is 24.0 Å². The normalized spacial score (nSPS) is 15.8. The molecule has 1 fully saturated rings. The number of nitrogens with one attached hydrogen (secondary N) is 3. The summed E-state index contributed by atoms with van der Waals surface area (Å²) in [5.41, 5.74) is 3.66. The Balaban J connectivity index is 0.00000306. The minimum atomic E-state index is -0.0785. The molecule has 0 aliphatic carbocycles. The van der Waals surface area contributed by atoms with E-state index in [0.29, 0.717) is 31.2 Å². The standard InChI is InChI=1S/C25H30N4O3.HI/c1-17-21-10-3-4-11-22(21)32-23(17)16-29-25(26-2)28-14-18-7-5-8-19(13-18)24(30)27-15-20-9-6-12-31-20;/h3-5,7-8,10-11,13,20H,6,9,12,14-16H2,1-2H3,(H,27,30)(H2,26,28,29);1H. The first-order chi connectivity index (χ1) is 15.6. The van der Waals surface area contributed by atoms with Crippen LogP contribution in [0.5, 0.6) is 0 Å². The van der Waals surface area contributed by atoms with Crippen LogP contribution in [0.25, 0.3) is 11.0 Å². The molecule has 33 heavy (non-hydrogen) atoms. The summed E-state index contributed by atoms with van der Waals surface area (Å²) >= 11 is 0. The van der Waals surface area contributed by atoms with Crippen molar-refractivity contribution < 1.29 is 13.9 Å². The zero-order valence-electron chi connectivity index (χ0n) is 19.0. The van der Waals surface area contributed by atoms with Crippen molar-refractivity contribution >= 4 is 46.8 Å². The van der Waals surface area contributed by atoms with Crippen molar-refractivity contribution in [1.29, 1.82) is 0 Å². The highest BCUT2D eigenvalue weighted by atomic mass is 127. The fourth-order valence-corrected chi connectivity index (χ4v) is 3.90. The summed E-state index contributed by atoms with van der Waals surface area (Å²) in [6.07, 6.45) is 2.20. The summed E-state index contributed by atoms with van der Waals surface area (Å²) in [4.78, 5) is 16.8. The second-order valence-electron chi connectivity index (χ2n) is 7.97. The molecular weight excluding hydrogens is 531 g/mol. The van der Waals surface area contributed by atoms with Crippen molar-refractivity contribution in [3.63, 3.8) is 0 Å². The SMILES string of the molecule is CN=C(NCc1cccc(C(=O)NCC2CCCO2)c1)NCc1oc2ccccc2c1C.I. The number of carbonyl (C=O) groups is 1. The minimum Gasteiger partial charge on any atom is -0.459 e. The van der Waals surface area contributed by atoms with Crippen LogP contribution in [0.4, 0.5) is 0 Å². The number of carbonyl (C=O) groups excluding carboxylic acids is 1. The molecule has 0 radical (unpaired) electrons. The molecule has 0 saturated carbocycles. The largest absolute Gasteiger partial charge is 0.459 e. The van der Waals surface area contributed by atoms with Crippen molar-refractivity contribution in [2.45, 2.75) is 39.0 Å². The van der Waals surface area contributed by atoms with E-state index in [1.807, 2.05) is 42.5 Å². The summed E-state index contributed by atoms with van der Waals surface area (Å²) in [5, 5.41) is 10.7. The Morgan fingerprint density at radius 3 is 2.67 bits per heavy atom. The molecule has 1 saturated heterocycles. The highest BCUT2D eigenvalue weighted by Gasteiger charge is 2.17.